The number of pyridine rings is 2. The number of aromatic nitrogens is 6. The number of H-pyrrole nitrogens is 2. The highest BCUT2D eigenvalue weighted by Gasteiger charge is 2.32. The zero-order valence-corrected chi connectivity index (χ0v) is 35.1. The van der Waals surface area contributed by atoms with Gasteiger partial charge in [0.1, 0.15) is 17.5 Å². The van der Waals surface area contributed by atoms with E-state index in [-0.39, 0.29) is 39.5 Å². The van der Waals surface area contributed by atoms with Gasteiger partial charge in [0.05, 0.1) is 33.5 Å². The van der Waals surface area contributed by atoms with Crippen molar-refractivity contribution in [3.63, 3.8) is 0 Å². The van der Waals surface area contributed by atoms with E-state index in [9.17, 15) is 14.0 Å². The number of halogens is 3. The lowest BCUT2D eigenvalue weighted by Crippen LogP contribution is -2.54. The molecule has 0 aliphatic heterocycles. The molecule has 4 heterocycles. The molecule has 0 fully saturated rings. The number of fused-ring (bicyclic) bond motifs is 2. The normalized spacial score (nSPS) is 11.8. The van der Waals surface area contributed by atoms with Crippen molar-refractivity contribution in [2.75, 3.05) is 32.1 Å². The first-order valence-corrected chi connectivity index (χ1v) is 19.8. The first kappa shape index (κ1) is 41.8. The summed E-state index contributed by atoms with van der Waals surface area (Å²) in [7, 11) is 0. The number of amides is 4. The monoisotopic (exact) mass is 852 g/mol. The lowest BCUT2D eigenvalue weighted by atomic mass is 9.89. The quantitative estimate of drug-likeness (QED) is 0.0887. The summed E-state index contributed by atoms with van der Waals surface area (Å²) >= 11 is 0. The number of benzene rings is 4. The zero-order chi connectivity index (χ0) is 45.0. The maximum atomic E-state index is 15.1. The number of carbonyl (C=O) groups is 2. The maximum absolute atomic E-state index is 15.1. The third-order valence-corrected chi connectivity index (χ3v) is 10.4. The van der Waals surface area contributed by atoms with Crippen LogP contribution in [0.4, 0.5) is 57.1 Å². The highest BCUT2D eigenvalue weighted by atomic mass is 19.1. The molecule has 0 saturated heterocycles. The molecular formula is C46H43F3N12O2. The highest BCUT2D eigenvalue weighted by Crippen LogP contribution is 2.38. The van der Waals surface area contributed by atoms with E-state index in [0.717, 1.165) is 39.6 Å². The maximum Gasteiger partial charge on any atom is 0.346 e. The number of hydrazine groups is 1. The predicted octanol–water partition coefficient (Wildman–Crippen LogP) is 10.4. The van der Waals surface area contributed by atoms with Crippen molar-refractivity contribution in [1.82, 2.24) is 30.4 Å². The highest BCUT2D eigenvalue weighted by molar-refractivity contribution is 6.13. The Morgan fingerprint density at radius 3 is 1.44 bits per heavy atom. The van der Waals surface area contributed by atoms with Crippen LogP contribution in [0.3, 0.4) is 0 Å². The summed E-state index contributed by atoms with van der Waals surface area (Å²) in [5.74, 6) is -2.03. The van der Waals surface area contributed by atoms with Crippen molar-refractivity contribution in [3.05, 3.63) is 132 Å². The fourth-order valence-electron chi connectivity index (χ4n) is 7.04. The summed E-state index contributed by atoms with van der Waals surface area (Å²) in [5.41, 5.74) is 16.7. The van der Waals surface area contributed by atoms with Crippen LogP contribution in [-0.4, -0.2) is 42.4 Å². The van der Waals surface area contributed by atoms with Gasteiger partial charge in [0.25, 0.3) is 0 Å². The molecule has 0 saturated carbocycles. The molecule has 0 unspecified atom stereocenters. The fraction of sp³-hybridized carbons (Fsp3) is 0.174. The molecule has 4 aromatic carbocycles. The van der Waals surface area contributed by atoms with Crippen LogP contribution in [0.1, 0.15) is 52.9 Å². The lowest BCUT2D eigenvalue weighted by molar-refractivity contribution is 0.248. The van der Waals surface area contributed by atoms with Gasteiger partial charge in [-0.05, 0) is 82.9 Å². The number of hydrogen-bond donors (Lipinski definition) is 6. The predicted molar refractivity (Wildman–Crippen MR) is 241 cm³/mol. The molecule has 0 radical (unpaired) electrons. The number of nitrogen functional groups attached to an aromatic ring is 2. The lowest BCUT2D eigenvalue weighted by Gasteiger charge is -2.35. The van der Waals surface area contributed by atoms with Gasteiger partial charge < -0.3 is 22.1 Å². The Balaban J connectivity index is 1.29. The van der Waals surface area contributed by atoms with Crippen molar-refractivity contribution in [1.29, 1.82) is 0 Å². The summed E-state index contributed by atoms with van der Waals surface area (Å²) in [6.45, 7) is 12.1. The summed E-state index contributed by atoms with van der Waals surface area (Å²) in [4.78, 5) is 38.8. The van der Waals surface area contributed by atoms with Crippen molar-refractivity contribution >= 4 is 68.5 Å². The number of carbonyl (C=O) groups excluding carboxylic acids is 2. The van der Waals surface area contributed by atoms with Crippen molar-refractivity contribution < 1.29 is 22.8 Å². The zero-order valence-electron chi connectivity index (χ0n) is 35.1. The van der Waals surface area contributed by atoms with Crippen molar-refractivity contribution in [2.24, 2.45) is 0 Å². The molecule has 14 nitrogen and oxygen atoms in total. The number of hydrogen-bond acceptors (Lipinski definition) is 8. The number of aromatic amines is 2. The van der Waals surface area contributed by atoms with Gasteiger partial charge >= 0.3 is 12.1 Å². The Morgan fingerprint density at radius 2 is 1.00 bits per heavy atom. The molecule has 17 heteroatoms. The number of nitrogens with one attached hydrogen (secondary N) is 4. The second-order valence-corrected chi connectivity index (χ2v) is 17.0. The molecular weight excluding hydrogens is 810 g/mol. The van der Waals surface area contributed by atoms with E-state index in [1.165, 1.54) is 24.3 Å². The Bertz CT molecular complexity index is 3040. The largest absolute Gasteiger partial charge is 0.382 e. The molecule has 8 N–H and O–H groups in total. The smallest absolute Gasteiger partial charge is 0.346 e. The summed E-state index contributed by atoms with van der Waals surface area (Å²) in [6, 6.07) is 23.0. The van der Waals surface area contributed by atoms with Gasteiger partial charge in [-0.1, -0.05) is 77.9 Å². The molecule has 0 aliphatic carbocycles. The molecule has 8 aromatic rings. The van der Waals surface area contributed by atoms with Gasteiger partial charge in [0, 0.05) is 28.3 Å². The molecule has 4 amide bonds. The second kappa shape index (κ2) is 15.8. The number of rotatable bonds is 6. The van der Waals surface area contributed by atoms with E-state index >= 15 is 8.78 Å². The van der Waals surface area contributed by atoms with Crippen LogP contribution in [0.25, 0.3) is 44.3 Å². The second-order valence-electron chi connectivity index (χ2n) is 17.0. The van der Waals surface area contributed by atoms with Crippen LogP contribution in [0, 0.1) is 17.5 Å². The molecule has 63 heavy (non-hydrogen) atoms. The third kappa shape index (κ3) is 8.15. The number of nitrogens with two attached hydrogens (primary N) is 2. The van der Waals surface area contributed by atoms with Crippen LogP contribution in [-0.2, 0) is 10.8 Å². The SMILES string of the molecule is CC(C)(C)c1cc(-c2ccc(N(C(=O)Nc3ccccc3F)N(C(=O)Nc3cc(F)ccc3F)c3ccc(-c4cc(C(C)(C)C)nc5[nH]nc(N)c45)cc3)cc2)c2c(N)n[nH]c2n1. The third-order valence-electron chi connectivity index (χ3n) is 10.4. The van der Waals surface area contributed by atoms with Crippen LogP contribution in [0.5, 0.6) is 0 Å². The van der Waals surface area contributed by atoms with Crippen LogP contribution < -0.4 is 32.1 Å². The molecule has 0 atom stereocenters. The van der Waals surface area contributed by atoms with E-state index in [4.69, 9.17) is 21.4 Å². The van der Waals surface area contributed by atoms with Gasteiger partial charge in [-0.25, -0.2) is 32.7 Å². The Morgan fingerprint density at radius 1 is 0.571 bits per heavy atom. The van der Waals surface area contributed by atoms with E-state index in [0.29, 0.717) is 44.3 Å². The number of para-hydroxylation sites is 1. The van der Waals surface area contributed by atoms with Gasteiger partial charge in [0.2, 0.25) is 0 Å². The Labute approximate surface area is 359 Å². The van der Waals surface area contributed by atoms with Gasteiger partial charge in [0.15, 0.2) is 22.9 Å². The number of nitrogens with zero attached hydrogens (tertiary/aromatic N) is 6. The molecule has 320 valence electrons. The van der Waals surface area contributed by atoms with E-state index in [1.54, 1.807) is 48.5 Å². The average molecular weight is 853 g/mol. The Kier molecular flexibility index (Phi) is 10.5. The van der Waals surface area contributed by atoms with Crippen LogP contribution in [0.2, 0.25) is 0 Å². The summed E-state index contributed by atoms with van der Waals surface area (Å²) < 4.78 is 44.8. The van der Waals surface area contributed by atoms with E-state index in [2.05, 4.69) is 31.0 Å². The minimum Gasteiger partial charge on any atom is -0.382 e. The fourth-order valence-corrected chi connectivity index (χ4v) is 7.04. The van der Waals surface area contributed by atoms with E-state index < -0.39 is 35.2 Å². The number of urea groups is 2. The van der Waals surface area contributed by atoms with Crippen molar-refractivity contribution in [3.8, 4) is 22.3 Å². The minimum atomic E-state index is -1.07. The minimum absolute atomic E-state index is 0.0964. The summed E-state index contributed by atoms with van der Waals surface area (Å²) in [5, 5.41) is 22.2. The first-order valence-electron chi connectivity index (χ1n) is 19.8. The standard InChI is InChI=1S/C46H43F3N12O2/c1-45(2,3)35-22-29(37-39(50)56-58-41(37)54-35)24-11-16-27(17-12-24)60(43(62)52-33-10-8-7-9-31(33)48)61(44(63)53-34-21-26(47)15-20-32(34)49)28-18-13-25(14-19-28)30-23-36(46(4,5)6)55-42-38(30)40(51)57-59-42/h7-23H,1-6H3,(H,52,62)(H,53,63)(H3,50,54,56,58)(H3,51,55,57,59). The first-order chi connectivity index (χ1) is 29.9. The van der Waals surface area contributed by atoms with Gasteiger partial charge in [-0.2, -0.15) is 20.2 Å². The van der Waals surface area contributed by atoms with Gasteiger partial charge in [-0.15, -0.1) is 0 Å². The van der Waals surface area contributed by atoms with E-state index in [1.807, 2.05) is 53.7 Å². The molecule has 0 aliphatic rings. The van der Waals surface area contributed by atoms with Gasteiger partial charge in [-0.3, -0.25) is 10.2 Å². The molecule has 0 bridgehead atoms. The van der Waals surface area contributed by atoms with Crippen molar-refractivity contribution in [2.45, 2.75) is 52.4 Å². The molecule has 4 aromatic heterocycles. The Hall–Kier alpha value is -7.95. The average Bonchev–Trinajstić information content (AvgIpc) is 3.82. The number of anilines is 6. The van der Waals surface area contributed by atoms with Crippen LogP contribution >= 0.6 is 0 Å². The van der Waals surface area contributed by atoms with Crippen LogP contribution in [0.15, 0.2) is 103 Å². The topological polar surface area (TPSA) is 200 Å². The molecule has 0 spiro atoms. The summed E-state index contributed by atoms with van der Waals surface area (Å²) in [6.07, 6.45) is 0. The molecule has 8 rings (SSSR count).